The van der Waals surface area contributed by atoms with E-state index in [0.717, 1.165) is 0 Å². The van der Waals surface area contributed by atoms with Gasteiger partial charge in [0.2, 0.25) is 0 Å². The molecular weight excluding hydrogens is 326 g/mol. The van der Waals surface area contributed by atoms with Crippen LogP contribution in [0, 0.1) is 0 Å². The van der Waals surface area contributed by atoms with Crippen LogP contribution in [0.2, 0.25) is 0 Å². The molecule has 0 unspecified atom stereocenters. The maximum atomic E-state index is 12.3. The van der Waals surface area contributed by atoms with Crippen LogP contribution in [0.4, 0.5) is 4.79 Å². The van der Waals surface area contributed by atoms with Crippen LogP contribution in [-0.2, 0) is 14.3 Å². The fraction of sp³-hybridized carbons (Fsp3) is 0.556. The number of hydrogen-bond acceptors (Lipinski definition) is 6. The van der Waals surface area contributed by atoms with Crippen molar-refractivity contribution in [1.82, 2.24) is 5.32 Å². The number of carbonyl (C=O) groups excluding carboxylic acids is 2. The van der Waals surface area contributed by atoms with E-state index >= 15 is 0 Å². The molecule has 0 spiro atoms. The fourth-order valence-electron chi connectivity index (χ4n) is 2.10. The number of amides is 1. The quantitative estimate of drug-likeness (QED) is 0.758. The zero-order valence-corrected chi connectivity index (χ0v) is 15.7. The number of carbonyl (C=O) groups is 2. The number of esters is 1. The first-order valence-corrected chi connectivity index (χ1v) is 8.18. The predicted octanol–water partition coefficient (Wildman–Crippen LogP) is 3.22. The van der Waals surface area contributed by atoms with Crippen molar-refractivity contribution in [2.45, 2.75) is 46.3 Å². The van der Waals surface area contributed by atoms with Crippen LogP contribution in [0.3, 0.4) is 0 Å². The molecule has 25 heavy (non-hydrogen) atoms. The minimum atomic E-state index is -1.08. The molecule has 0 bridgehead atoms. The zero-order chi connectivity index (χ0) is 19.0. The first-order valence-electron chi connectivity index (χ1n) is 8.18. The maximum absolute atomic E-state index is 12.3. The molecule has 1 rings (SSSR count). The molecule has 1 N–H and O–H groups in total. The summed E-state index contributed by atoms with van der Waals surface area (Å²) in [6.45, 7) is 9.77. The smallest absolute Gasteiger partial charge is 0.408 e. The Kier molecular flexibility index (Phi) is 7.54. The molecule has 1 amide bonds. The van der Waals surface area contributed by atoms with Crippen molar-refractivity contribution < 1.29 is 28.5 Å². The van der Waals surface area contributed by atoms with Crippen molar-refractivity contribution in [2.75, 3.05) is 20.3 Å². The lowest BCUT2D eigenvalue weighted by molar-refractivity contribution is -0.143. The highest BCUT2D eigenvalue weighted by Gasteiger charge is 2.29. The molecule has 0 aliphatic carbocycles. The van der Waals surface area contributed by atoms with Crippen LogP contribution in [0.15, 0.2) is 18.2 Å². The van der Waals surface area contributed by atoms with E-state index in [2.05, 4.69) is 5.32 Å². The van der Waals surface area contributed by atoms with Crippen molar-refractivity contribution in [2.24, 2.45) is 0 Å². The van der Waals surface area contributed by atoms with E-state index in [-0.39, 0.29) is 0 Å². The van der Waals surface area contributed by atoms with Crippen molar-refractivity contribution >= 4 is 12.1 Å². The Morgan fingerprint density at radius 3 is 2.28 bits per heavy atom. The van der Waals surface area contributed by atoms with E-state index in [1.165, 1.54) is 7.11 Å². The Balaban J connectivity index is 3.22. The Hall–Kier alpha value is -2.44. The predicted molar refractivity (Wildman–Crippen MR) is 92.9 cm³/mol. The molecule has 0 saturated carbocycles. The molecule has 0 radical (unpaired) electrons. The van der Waals surface area contributed by atoms with Gasteiger partial charge in [-0.25, -0.2) is 9.59 Å². The van der Waals surface area contributed by atoms with Crippen LogP contribution < -0.4 is 14.8 Å². The van der Waals surface area contributed by atoms with Crippen LogP contribution in [0.1, 0.15) is 46.2 Å². The second kappa shape index (κ2) is 9.15. The third kappa shape index (κ3) is 6.52. The Morgan fingerprint density at radius 1 is 1.12 bits per heavy atom. The Morgan fingerprint density at radius 2 is 1.76 bits per heavy atom. The SMILES string of the molecule is CCOc1ccc(OCC)c([C@@H](NC(=O)OC(C)(C)C)C(=O)OC)c1. The average molecular weight is 353 g/mol. The summed E-state index contributed by atoms with van der Waals surface area (Å²) >= 11 is 0. The normalized spacial score (nSPS) is 12.1. The Labute approximate surface area is 148 Å². The number of alkyl carbamates (subject to hydrolysis) is 1. The summed E-state index contributed by atoms with van der Waals surface area (Å²) in [5, 5.41) is 2.54. The van der Waals surface area contributed by atoms with Crippen LogP contribution in [-0.4, -0.2) is 38.0 Å². The standard InChI is InChI=1S/C18H27NO6/c1-7-23-12-9-10-14(24-8-2)13(11-12)15(16(20)22-6)19-17(21)25-18(3,4)5/h9-11,15H,7-8H2,1-6H3,(H,19,21)/t15-/m1/s1. The van der Waals surface area contributed by atoms with Gasteiger partial charge in [-0.3, -0.25) is 0 Å². The van der Waals surface area contributed by atoms with Gasteiger partial charge in [0.25, 0.3) is 0 Å². The molecule has 0 fully saturated rings. The van der Waals surface area contributed by atoms with Gasteiger partial charge in [0.05, 0.1) is 20.3 Å². The molecule has 0 heterocycles. The first kappa shape index (κ1) is 20.6. The summed E-state index contributed by atoms with van der Waals surface area (Å²) in [5.41, 5.74) is -0.258. The lowest BCUT2D eigenvalue weighted by Crippen LogP contribution is -2.38. The molecule has 1 atom stereocenters. The monoisotopic (exact) mass is 353 g/mol. The molecule has 0 aliphatic heterocycles. The minimum Gasteiger partial charge on any atom is -0.494 e. The van der Waals surface area contributed by atoms with Crippen LogP contribution >= 0.6 is 0 Å². The summed E-state index contributed by atoms with van der Waals surface area (Å²) in [4.78, 5) is 24.4. The molecular formula is C18H27NO6. The van der Waals surface area contributed by atoms with Crippen molar-refractivity contribution in [3.05, 3.63) is 23.8 Å². The van der Waals surface area contributed by atoms with Crippen molar-refractivity contribution in [3.8, 4) is 11.5 Å². The molecule has 1 aromatic rings. The fourth-order valence-corrected chi connectivity index (χ4v) is 2.10. The number of nitrogens with one attached hydrogen (secondary N) is 1. The number of rotatable bonds is 7. The van der Waals surface area contributed by atoms with Crippen molar-refractivity contribution in [3.63, 3.8) is 0 Å². The summed E-state index contributed by atoms with van der Waals surface area (Å²) in [7, 11) is 1.25. The zero-order valence-electron chi connectivity index (χ0n) is 15.7. The highest BCUT2D eigenvalue weighted by molar-refractivity contribution is 5.83. The van der Waals surface area contributed by atoms with Crippen LogP contribution in [0.25, 0.3) is 0 Å². The van der Waals surface area contributed by atoms with Gasteiger partial charge in [0.1, 0.15) is 17.1 Å². The topological polar surface area (TPSA) is 83.1 Å². The third-order valence-electron chi connectivity index (χ3n) is 3.00. The van der Waals surface area contributed by atoms with Gasteiger partial charge >= 0.3 is 12.1 Å². The first-order chi connectivity index (χ1) is 11.7. The highest BCUT2D eigenvalue weighted by atomic mass is 16.6. The lowest BCUT2D eigenvalue weighted by Gasteiger charge is -2.24. The van der Waals surface area contributed by atoms with Gasteiger partial charge < -0.3 is 24.3 Å². The molecule has 0 aromatic heterocycles. The van der Waals surface area contributed by atoms with E-state index < -0.39 is 23.7 Å². The van der Waals surface area contributed by atoms with E-state index in [9.17, 15) is 9.59 Å². The van der Waals surface area contributed by atoms with Gasteiger partial charge in [0, 0.05) is 5.56 Å². The minimum absolute atomic E-state index is 0.404. The van der Waals surface area contributed by atoms with Gasteiger partial charge in [0.15, 0.2) is 6.04 Å². The maximum Gasteiger partial charge on any atom is 0.408 e. The second-order valence-corrected chi connectivity index (χ2v) is 6.17. The summed E-state index contributed by atoms with van der Waals surface area (Å²) < 4.78 is 21.1. The third-order valence-corrected chi connectivity index (χ3v) is 3.00. The van der Waals surface area contributed by atoms with Crippen molar-refractivity contribution in [1.29, 1.82) is 0 Å². The molecule has 140 valence electrons. The average Bonchev–Trinajstić information content (AvgIpc) is 2.52. The largest absolute Gasteiger partial charge is 0.494 e. The number of ether oxygens (including phenoxy) is 4. The molecule has 7 nitrogen and oxygen atoms in total. The van der Waals surface area contributed by atoms with Gasteiger partial charge in [-0.05, 0) is 52.8 Å². The second-order valence-electron chi connectivity index (χ2n) is 6.17. The number of methoxy groups -OCH3 is 1. The van der Waals surface area contributed by atoms with E-state index in [4.69, 9.17) is 18.9 Å². The summed E-state index contributed by atoms with van der Waals surface area (Å²) in [6.07, 6.45) is -0.729. The lowest BCUT2D eigenvalue weighted by atomic mass is 10.1. The van der Waals surface area contributed by atoms with E-state index in [0.29, 0.717) is 30.3 Å². The Bertz CT molecular complexity index is 594. The number of hydrogen-bond donors (Lipinski definition) is 1. The molecule has 7 heteroatoms. The molecule has 0 aliphatic rings. The summed E-state index contributed by atoms with van der Waals surface area (Å²) in [6, 6.07) is 3.99. The van der Waals surface area contributed by atoms with Gasteiger partial charge in [-0.2, -0.15) is 0 Å². The van der Waals surface area contributed by atoms with E-state index in [1.54, 1.807) is 39.0 Å². The van der Waals surface area contributed by atoms with Gasteiger partial charge in [-0.1, -0.05) is 0 Å². The number of benzene rings is 1. The highest BCUT2D eigenvalue weighted by Crippen LogP contribution is 2.31. The molecule has 0 saturated heterocycles. The van der Waals surface area contributed by atoms with Crippen LogP contribution in [0.5, 0.6) is 11.5 Å². The van der Waals surface area contributed by atoms with Gasteiger partial charge in [-0.15, -0.1) is 0 Å². The summed E-state index contributed by atoms with van der Waals surface area (Å²) in [5.74, 6) is 0.374. The molecule has 1 aromatic carbocycles. The van der Waals surface area contributed by atoms with E-state index in [1.807, 2.05) is 13.8 Å².